The Labute approximate surface area is 186 Å². The van der Waals surface area contributed by atoms with Crippen LogP contribution < -0.4 is 9.47 Å². The smallest absolute Gasteiger partial charge is 0.343 e. The number of carbonyl (C=O) groups is 4. The molecule has 10 heteroatoms. The maximum atomic E-state index is 13.0. The van der Waals surface area contributed by atoms with Crippen molar-refractivity contribution in [1.29, 1.82) is 0 Å². The average Bonchev–Trinajstić information content (AvgIpc) is 3.02. The van der Waals surface area contributed by atoms with E-state index >= 15 is 0 Å². The fourth-order valence-electron chi connectivity index (χ4n) is 2.73. The third-order valence-electron chi connectivity index (χ3n) is 4.23. The van der Waals surface area contributed by atoms with Crippen molar-refractivity contribution in [3.05, 3.63) is 64.3 Å². The second kappa shape index (κ2) is 10.1. The molecule has 0 aliphatic carbocycles. The number of rotatable bonds is 7. The van der Waals surface area contributed by atoms with Crippen LogP contribution in [-0.2, 0) is 14.3 Å². The molecular formula is C22H18FNO7S. The van der Waals surface area contributed by atoms with Gasteiger partial charge >= 0.3 is 11.9 Å². The average molecular weight is 459 g/mol. The van der Waals surface area contributed by atoms with Gasteiger partial charge in [0.25, 0.3) is 11.1 Å². The molecule has 0 atom stereocenters. The Balaban J connectivity index is 1.77. The fourth-order valence-corrected chi connectivity index (χ4v) is 3.56. The molecular weight excluding hydrogens is 441 g/mol. The van der Waals surface area contributed by atoms with Crippen molar-refractivity contribution < 1.29 is 37.8 Å². The van der Waals surface area contributed by atoms with Crippen molar-refractivity contribution in [1.82, 2.24) is 4.90 Å². The molecule has 32 heavy (non-hydrogen) atoms. The van der Waals surface area contributed by atoms with E-state index in [1.807, 2.05) is 0 Å². The van der Waals surface area contributed by atoms with Gasteiger partial charge in [0.2, 0.25) is 0 Å². The number of carbonyl (C=O) groups excluding carboxylic acids is 4. The Hall–Kier alpha value is -3.66. The highest BCUT2D eigenvalue weighted by atomic mass is 32.2. The lowest BCUT2D eigenvalue weighted by Gasteiger charge is -2.11. The summed E-state index contributed by atoms with van der Waals surface area (Å²) >= 11 is 0.697. The van der Waals surface area contributed by atoms with Crippen LogP contribution in [0.15, 0.2) is 47.4 Å². The van der Waals surface area contributed by atoms with Crippen molar-refractivity contribution in [2.45, 2.75) is 6.92 Å². The van der Waals surface area contributed by atoms with Gasteiger partial charge in [0.1, 0.15) is 12.4 Å². The van der Waals surface area contributed by atoms with Gasteiger partial charge in [-0.25, -0.2) is 9.18 Å². The highest BCUT2D eigenvalue weighted by Gasteiger charge is 2.36. The summed E-state index contributed by atoms with van der Waals surface area (Å²) in [5.41, 5.74) is 0.665. The highest BCUT2D eigenvalue weighted by Crippen LogP contribution is 2.34. The van der Waals surface area contributed by atoms with E-state index in [9.17, 15) is 23.6 Å². The van der Waals surface area contributed by atoms with Crippen LogP contribution in [0, 0.1) is 5.82 Å². The molecule has 1 aliphatic rings. The van der Waals surface area contributed by atoms with Gasteiger partial charge in [-0.2, -0.15) is 0 Å². The maximum Gasteiger partial charge on any atom is 0.343 e. The Morgan fingerprint density at radius 3 is 2.47 bits per heavy atom. The zero-order chi connectivity index (χ0) is 23.3. The first-order valence-electron chi connectivity index (χ1n) is 9.39. The quantitative estimate of drug-likeness (QED) is 0.352. The zero-order valence-corrected chi connectivity index (χ0v) is 17.9. The number of methoxy groups -OCH3 is 1. The van der Waals surface area contributed by atoms with Gasteiger partial charge in [0.05, 0.1) is 24.2 Å². The minimum absolute atomic E-state index is 0.120. The summed E-state index contributed by atoms with van der Waals surface area (Å²) < 4.78 is 28.4. The molecule has 1 saturated heterocycles. The number of esters is 2. The lowest BCUT2D eigenvalue weighted by atomic mass is 10.1. The molecule has 166 valence electrons. The number of imide groups is 1. The molecule has 0 unspecified atom stereocenters. The normalized spacial score (nSPS) is 14.6. The van der Waals surface area contributed by atoms with E-state index in [1.54, 1.807) is 13.0 Å². The lowest BCUT2D eigenvalue weighted by Crippen LogP contribution is -2.34. The van der Waals surface area contributed by atoms with Gasteiger partial charge in [-0.15, -0.1) is 0 Å². The summed E-state index contributed by atoms with van der Waals surface area (Å²) in [5.74, 6) is -2.13. The molecule has 1 heterocycles. The summed E-state index contributed by atoms with van der Waals surface area (Å²) in [6.45, 7) is 1.31. The first kappa shape index (κ1) is 23.0. The van der Waals surface area contributed by atoms with Gasteiger partial charge in [-0.1, -0.05) is 6.07 Å². The van der Waals surface area contributed by atoms with Crippen LogP contribution in [0.4, 0.5) is 9.18 Å². The second-order valence-electron chi connectivity index (χ2n) is 6.38. The van der Waals surface area contributed by atoms with Gasteiger partial charge in [-0.05, 0) is 66.7 Å². The minimum atomic E-state index is -0.698. The fraction of sp³-hybridized carbons (Fsp3) is 0.182. The summed E-state index contributed by atoms with van der Waals surface area (Å²) in [4.78, 5) is 49.4. The summed E-state index contributed by atoms with van der Waals surface area (Å²) in [5, 5.41) is -0.578. The molecule has 0 aromatic heterocycles. The summed E-state index contributed by atoms with van der Waals surface area (Å²) in [7, 11) is 1.38. The van der Waals surface area contributed by atoms with Crippen LogP contribution in [-0.4, -0.2) is 48.2 Å². The van der Waals surface area contributed by atoms with Crippen LogP contribution in [0.2, 0.25) is 0 Å². The molecule has 2 amide bonds. The number of thioether (sulfide) groups is 1. The molecule has 0 spiro atoms. The van der Waals surface area contributed by atoms with Gasteiger partial charge in [-0.3, -0.25) is 19.3 Å². The predicted molar refractivity (Wildman–Crippen MR) is 114 cm³/mol. The molecule has 8 nitrogen and oxygen atoms in total. The molecule has 0 bridgehead atoms. The highest BCUT2D eigenvalue weighted by molar-refractivity contribution is 8.18. The van der Waals surface area contributed by atoms with Crippen molar-refractivity contribution in [2.75, 3.05) is 20.3 Å². The number of ether oxygens (including phenoxy) is 3. The largest absolute Gasteiger partial charge is 0.493 e. The number of benzene rings is 2. The van der Waals surface area contributed by atoms with E-state index in [-0.39, 0.29) is 28.6 Å². The van der Waals surface area contributed by atoms with Crippen molar-refractivity contribution in [3.8, 4) is 11.5 Å². The lowest BCUT2D eigenvalue weighted by molar-refractivity contribution is -0.145. The number of hydrogen-bond donors (Lipinski definition) is 0. The van der Waals surface area contributed by atoms with Crippen LogP contribution in [0.5, 0.6) is 11.5 Å². The van der Waals surface area contributed by atoms with Gasteiger partial charge < -0.3 is 14.2 Å². The van der Waals surface area contributed by atoms with Crippen LogP contribution in [0.1, 0.15) is 22.8 Å². The number of halogens is 1. The molecule has 2 aromatic carbocycles. The molecule has 3 rings (SSSR count). The van der Waals surface area contributed by atoms with E-state index in [0.29, 0.717) is 17.3 Å². The Morgan fingerprint density at radius 1 is 1.09 bits per heavy atom. The standard InChI is InChI=1S/C22H18FNO7S/c1-3-30-19(25)12-24-20(26)18(32-22(24)28)11-13-4-9-16(17(10-13)29-2)31-21(27)14-5-7-15(23)8-6-14/h4-11H,3,12H2,1-2H3/b18-11-. The topological polar surface area (TPSA) is 99.2 Å². The SMILES string of the molecule is CCOC(=O)CN1C(=O)S/C(=C\c2ccc(OC(=O)c3ccc(F)cc3)c(OC)c2)C1=O. The van der Waals surface area contributed by atoms with Crippen molar-refractivity contribution >= 4 is 40.9 Å². The minimum Gasteiger partial charge on any atom is -0.493 e. The van der Waals surface area contributed by atoms with E-state index in [1.165, 1.54) is 37.5 Å². The molecule has 0 saturated carbocycles. The first-order valence-corrected chi connectivity index (χ1v) is 10.2. The predicted octanol–water partition coefficient (Wildman–Crippen LogP) is 3.65. The Morgan fingerprint density at radius 2 is 1.81 bits per heavy atom. The number of nitrogens with zero attached hydrogens (tertiary/aromatic N) is 1. The maximum absolute atomic E-state index is 13.0. The Bertz CT molecular complexity index is 1100. The van der Waals surface area contributed by atoms with E-state index in [2.05, 4.69) is 0 Å². The molecule has 2 aromatic rings. The van der Waals surface area contributed by atoms with Crippen molar-refractivity contribution in [2.24, 2.45) is 0 Å². The van der Waals surface area contributed by atoms with Crippen LogP contribution in [0.3, 0.4) is 0 Å². The molecule has 1 fully saturated rings. The second-order valence-corrected chi connectivity index (χ2v) is 7.37. The Kier molecular flexibility index (Phi) is 7.26. The number of hydrogen-bond acceptors (Lipinski definition) is 8. The zero-order valence-electron chi connectivity index (χ0n) is 17.1. The van der Waals surface area contributed by atoms with E-state index in [0.717, 1.165) is 17.0 Å². The van der Waals surface area contributed by atoms with E-state index < -0.39 is 35.4 Å². The third kappa shape index (κ3) is 5.33. The summed E-state index contributed by atoms with van der Waals surface area (Å²) in [6, 6.07) is 9.43. The van der Waals surface area contributed by atoms with Crippen LogP contribution in [0.25, 0.3) is 6.08 Å². The number of amides is 2. The molecule has 0 N–H and O–H groups in total. The van der Waals surface area contributed by atoms with Crippen molar-refractivity contribution in [3.63, 3.8) is 0 Å². The van der Waals surface area contributed by atoms with Gasteiger partial charge in [0, 0.05) is 0 Å². The van der Waals surface area contributed by atoms with Crippen LogP contribution >= 0.6 is 11.8 Å². The van der Waals surface area contributed by atoms with Gasteiger partial charge in [0.15, 0.2) is 11.5 Å². The molecule has 0 radical (unpaired) electrons. The summed E-state index contributed by atoms with van der Waals surface area (Å²) in [6.07, 6.45) is 1.46. The molecule has 1 aliphatic heterocycles. The first-order chi connectivity index (χ1) is 15.3. The monoisotopic (exact) mass is 459 g/mol. The van der Waals surface area contributed by atoms with E-state index in [4.69, 9.17) is 14.2 Å². The third-order valence-corrected chi connectivity index (χ3v) is 5.14.